The molecule has 1 N–H and O–H groups in total. The largest absolute Gasteiger partial charge is 0.348 e. The zero-order chi connectivity index (χ0) is 16.3. The van der Waals surface area contributed by atoms with E-state index in [9.17, 15) is 13.2 Å². The maximum atomic E-state index is 12.1. The average molecular weight is 340 g/mol. The molecule has 2 heterocycles. The molecule has 2 rings (SSSR count). The molecule has 0 aromatic carbocycles. The van der Waals surface area contributed by atoms with Gasteiger partial charge in [-0.05, 0) is 6.92 Å². The van der Waals surface area contributed by atoms with Gasteiger partial charge in [-0.1, -0.05) is 6.08 Å². The fourth-order valence-corrected chi connectivity index (χ4v) is 3.12. The number of carbonyl (C=O) groups excluding carboxylic acids is 1. The van der Waals surface area contributed by atoms with Crippen LogP contribution in [0.1, 0.15) is 15.4 Å². The minimum atomic E-state index is -3.18. The van der Waals surface area contributed by atoms with Gasteiger partial charge < -0.3 is 5.32 Å². The first-order valence-corrected chi connectivity index (χ1v) is 9.14. The van der Waals surface area contributed by atoms with Crippen LogP contribution in [0.5, 0.6) is 0 Å². The van der Waals surface area contributed by atoms with E-state index in [4.69, 9.17) is 0 Å². The molecular formula is C13H16N4O3S2. The molecule has 0 aliphatic heterocycles. The molecule has 9 heteroatoms. The summed E-state index contributed by atoms with van der Waals surface area (Å²) in [5.74, 6) is -0.275. The number of amides is 1. The second kappa shape index (κ2) is 6.41. The van der Waals surface area contributed by atoms with Crippen molar-refractivity contribution in [1.82, 2.24) is 20.1 Å². The third-order valence-electron chi connectivity index (χ3n) is 2.68. The molecule has 0 radical (unpaired) electrons. The highest BCUT2D eigenvalue weighted by Crippen LogP contribution is 2.27. The zero-order valence-corrected chi connectivity index (χ0v) is 14.0. The Morgan fingerprint density at radius 2 is 2.23 bits per heavy atom. The number of nitrogens with zero attached hydrogens (tertiary/aromatic N) is 3. The van der Waals surface area contributed by atoms with Gasteiger partial charge in [-0.2, -0.15) is 5.10 Å². The van der Waals surface area contributed by atoms with E-state index >= 15 is 0 Å². The van der Waals surface area contributed by atoms with E-state index in [1.165, 1.54) is 17.4 Å². The molecule has 118 valence electrons. The van der Waals surface area contributed by atoms with Crippen molar-refractivity contribution in [3.05, 3.63) is 34.4 Å². The van der Waals surface area contributed by atoms with Gasteiger partial charge in [0, 0.05) is 37.0 Å². The highest BCUT2D eigenvalue weighted by atomic mass is 32.2. The summed E-state index contributed by atoms with van der Waals surface area (Å²) in [6.07, 6.45) is 6.01. The number of nitrogens with one attached hydrogen (secondary N) is 1. The van der Waals surface area contributed by atoms with Crippen LogP contribution in [-0.4, -0.2) is 41.9 Å². The van der Waals surface area contributed by atoms with Gasteiger partial charge in [0.2, 0.25) is 0 Å². The molecule has 22 heavy (non-hydrogen) atoms. The average Bonchev–Trinajstić information content (AvgIpc) is 2.99. The summed E-state index contributed by atoms with van der Waals surface area (Å²) in [7, 11) is -1.36. The Morgan fingerprint density at radius 1 is 1.50 bits per heavy atom. The molecule has 7 nitrogen and oxygen atoms in total. The van der Waals surface area contributed by atoms with Crippen LogP contribution >= 0.6 is 11.3 Å². The monoisotopic (exact) mass is 340 g/mol. The fourth-order valence-electron chi connectivity index (χ4n) is 1.72. The summed E-state index contributed by atoms with van der Waals surface area (Å²) in [6, 6.07) is 0. The molecule has 0 atom stereocenters. The summed E-state index contributed by atoms with van der Waals surface area (Å²) < 4.78 is 23.6. The van der Waals surface area contributed by atoms with Gasteiger partial charge in [0.15, 0.2) is 9.84 Å². The molecule has 2 aromatic rings. The first-order chi connectivity index (χ1) is 10.3. The van der Waals surface area contributed by atoms with Crippen LogP contribution in [0.4, 0.5) is 0 Å². The van der Waals surface area contributed by atoms with E-state index in [1.54, 1.807) is 17.8 Å². The summed E-state index contributed by atoms with van der Waals surface area (Å²) in [5, 5.41) is 8.51. The molecule has 0 fully saturated rings. The second-order valence-corrected chi connectivity index (χ2v) is 7.68. The van der Waals surface area contributed by atoms with E-state index < -0.39 is 9.84 Å². The van der Waals surface area contributed by atoms with Crippen molar-refractivity contribution >= 4 is 27.1 Å². The molecule has 0 aliphatic rings. The quantitative estimate of drug-likeness (QED) is 0.881. The Balaban J connectivity index is 2.08. The third kappa shape index (κ3) is 4.25. The first-order valence-electron chi connectivity index (χ1n) is 6.37. The van der Waals surface area contributed by atoms with Crippen LogP contribution in [0, 0.1) is 6.92 Å². The summed E-state index contributed by atoms with van der Waals surface area (Å²) in [5.41, 5.74) is 1.49. The topological polar surface area (TPSA) is 93.9 Å². The molecule has 0 unspecified atom stereocenters. The highest BCUT2D eigenvalue weighted by molar-refractivity contribution is 7.93. The van der Waals surface area contributed by atoms with Gasteiger partial charge in [0.25, 0.3) is 5.91 Å². The van der Waals surface area contributed by atoms with E-state index in [1.807, 2.05) is 13.2 Å². The molecule has 2 aromatic heterocycles. The predicted octanol–water partition coefficient (Wildman–Crippen LogP) is 1.14. The van der Waals surface area contributed by atoms with Crippen LogP contribution in [0.2, 0.25) is 0 Å². The lowest BCUT2D eigenvalue weighted by Crippen LogP contribution is -2.23. The van der Waals surface area contributed by atoms with Crippen molar-refractivity contribution in [3.8, 4) is 10.6 Å². The number of carbonyl (C=O) groups is 1. The van der Waals surface area contributed by atoms with Gasteiger partial charge >= 0.3 is 0 Å². The number of hydrogen-bond donors (Lipinski definition) is 1. The van der Waals surface area contributed by atoms with Crippen LogP contribution in [-0.2, 0) is 16.9 Å². The van der Waals surface area contributed by atoms with Crippen molar-refractivity contribution in [3.63, 3.8) is 0 Å². The Labute approximate surface area is 132 Å². The van der Waals surface area contributed by atoms with Gasteiger partial charge in [0.05, 0.1) is 11.9 Å². The van der Waals surface area contributed by atoms with Gasteiger partial charge in [-0.15, -0.1) is 11.3 Å². The van der Waals surface area contributed by atoms with Crippen molar-refractivity contribution in [2.75, 3.05) is 12.8 Å². The SMILES string of the molecule is Cc1nc(-c2cnn(C)c2)sc1C(=O)NCC=CS(C)(=O)=O. The summed E-state index contributed by atoms with van der Waals surface area (Å²) in [6.45, 7) is 1.91. The highest BCUT2D eigenvalue weighted by Gasteiger charge is 2.16. The Bertz CT molecular complexity index is 818. The lowest BCUT2D eigenvalue weighted by molar-refractivity contribution is 0.0961. The first kappa shape index (κ1) is 16.4. The number of hydrogen-bond acceptors (Lipinski definition) is 6. The van der Waals surface area contributed by atoms with Gasteiger partial charge in [-0.25, -0.2) is 13.4 Å². The standard InChI is InChI=1S/C13H16N4O3S2/c1-9-11(12(18)14-5-4-6-22(3,19)20)21-13(16-9)10-7-15-17(2)8-10/h4,6-8H,5H2,1-3H3,(H,14,18). The normalized spacial score (nSPS) is 12.0. The number of sulfone groups is 1. The molecule has 0 saturated carbocycles. The number of thiazole rings is 1. The minimum absolute atomic E-state index is 0.144. The minimum Gasteiger partial charge on any atom is -0.348 e. The Hall–Kier alpha value is -2.00. The zero-order valence-electron chi connectivity index (χ0n) is 12.4. The van der Waals surface area contributed by atoms with Crippen LogP contribution in [0.3, 0.4) is 0 Å². The molecule has 0 spiro atoms. The predicted molar refractivity (Wildman–Crippen MR) is 85.4 cm³/mol. The number of aryl methyl sites for hydroxylation is 2. The summed E-state index contributed by atoms with van der Waals surface area (Å²) in [4.78, 5) is 17.0. The van der Waals surface area contributed by atoms with Crippen molar-refractivity contribution in [1.29, 1.82) is 0 Å². The number of rotatable bonds is 5. The van der Waals surface area contributed by atoms with Gasteiger partial charge in [-0.3, -0.25) is 9.48 Å². The fraction of sp³-hybridized carbons (Fsp3) is 0.308. The molecular weight excluding hydrogens is 324 g/mol. The molecule has 0 saturated heterocycles. The maximum Gasteiger partial charge on any atom is 0.263 e. The molecule has 1 amide bonds. The van der Waals surface area contributed by atoms with E-state index in [2.05, 4.69) is 15.4 Å². The van der Waals surface area contributed by atoms with E-state index in [0.717, 1.165) is 22.2 Å². The number of aromatic nitrogens is 3. The Morgan fingerprint density at radius 3 is 2.82 bits per heavy atom. The molecule has 0 aliphatic carbocycles. The smallest absolute Gasteiger partial charge is 0.263 e. The van der Waals surface area contributed by atoms with Crippen LogP contribution in [0.25, 0.3) is 10.6 Å². The van der Waals surface area contributed by atoms with E-state index in [0.29, 0.717) is 10.6 Å². The third-order valence-corrected chi connectivity index (χ3v) is 4.57. The van der Waals surface area contributed by atoms with Crippen molar-refractivity contribution < 1.29 is 13.2 Å². The van der Waals surface area contributed by atoms with Crippen LogP contribution in [0.15, 0.2) is 23.9 Å². The van der Waals surface area contributed by atoms with Crippen molar-refractivity contribution in [2.45, 2.75) is 6.92 Å². The summed E-state index contributed by atoms with van der Waals surface area (Å²) >= 11 is 1.28. The second-order valence-electron chi connectivity index (χ2n) is 4.75. The van der Waals surface area contributed by atoms with Crippen LogP contribution < -0.4 is 5.32 Å². The van der Waals surface area contributed by atoms with Crippen molar-refractivity contribution in [2.24, 2.45) is 7.05 Å². The molecule has 0 bridgehead atoms. The van der Waals surface area contributed by atoms with Gasteiger partial charge in [0.1, 0.15) is 9.88 Å². The lowest BCUT2D eigenvalue weighted by Gasteiger charge is -1.99. The van der Waals surface area contributed by atoms with E-state index in [-0.39, 0.29) is 12.5 Å². The maximum absolute atomic E-state index is 12.1. The Kier molecular flexibility index (Phi) is 4.77. The lowest BCUT2D eigenvalue weighted by atomic mass is 10.3.